The Labute approximate surface area is 567 Å². The number of fused-ring (bicyclic) bond motifs is 9. The normalized spacial score (nSPS) is 25.2. The molecule has 30 heteroatoms. The monoisotopic (exact) mass is 1480 g/mol. The average molecular weight is 1480 g/mol. The van der Waals surface area contributed by atoms with E-state index in [4.69, 9.17) is 28.4 Å². The number of benzene rings is 3. The summed E-state index contributed by atoms with van der Waals surface area (Å²) in [6.45, 7) is 32.9. The minimum atomic E-state index is -0.526. The van der Waals surface area contributed by atoms with Gasteiger partial charge in [-0.15, -0.1) is 0 Å². The van der Waals surface area contributed by atoms with E-state index in [1.165, 1.54) is 0 Å². The predicted molar refractivity (Wildman–Crippen MR) is 365 cm³/mol. The molecule has 3 aromatic rings. The first-order valence-corrected chi connectivity index (χ1v) is 33.4. The van der Waals surface area contributed by atoms with E-state index >= 15 is 0 Å². The Hall–Kier alpha value is -7.47. The molecule has 3 saturated heterocycles. The molecule has 0 spiro atoms. The summed E-state index contributed by atoms with van der Waals surface area (Å²) in [6.07, 6.45) is 1.43. The molecule has 3 fully saturated rings. The van der Waals surface area contributed by atoms with Crippen molar-refractivity contribution in [2.45, 2.75) is 175 Å². The van der Waals surface area contributed by atoms with Gasteiger partial charge in [0.1, 0.15) is 72.0 Å². The Morgan fingerprint density at radius 2 is 0.720 bits per heavy atom. The van der Waals surface area contributed by atoms with Crippen LogP contribution in [0.4, 0.5) is 48.5 Å². The zero-order chi connectivity index (χ0) is 67.7. The second-order valence-corrected chi connectivity index (χ2v) is 31.0. The van der Waals surface area contributed by atoms with Crippen molar-refractivity contribution in [1.82, 2.24) is 31.0 Å². The summed E-state index contributed by atoms with van der Waals surface area (Å²) in [6, 6.07) is 10.4. The van der Waals surface area contributed by atoms with Gasteiger partial charge >= 0.3 is 18.3 Å². The number of amidine groups is 3. The molecule has 9 heterocycles. The number of ether oxygens (including phenoxy) is 6. The van der Waals surface area contributed by atoms with Crippen molar-refractivity contribution < 1.29 is 57.2 Å². The second-order valence-electron chi connectivity index (χ2n) is 28.4. The van der Waals surface area contributed by atoms with Gasteiger partial charge in [-0.1, -0.05) is 0 Å². The Bertz CT molecular complexity index is 3240. The molecule has 0 bridgehead atoms. The molecular weight excluding hydrogens is 1400 g/mol. The van der Waals surface area contributed by atoms with Gasteiger partial charge in [-0.2, -0.15) is 15.3 Å². The fourth-order valence-corrected chi connectivity index (χ4v) is 13.3. The first-order chi connectivity index (χ1) is 43.4. The number of hydrogen-bond donors (Lipinski definition) is 6. The predicted octanol–water partition coefficient (Wildman–Crippen LogP) is 9.87. The molecule has 9 aliphatic heterocycles. The molecule has 9 aliphatic rings. The molecule has 0 aromatic heterocycles. The highest BCUT2D eigenvalue weighted by Crippen LogP contribution is 2.46. The number of nitrogens with one attached hydrogen (secondary N) is 6. The Kier molecular flexibility index (Phi) is 18.9. The average Bonchev–Trinajstić information content (AvgIpc) is 0.963. The molecule has 504 valence electrons. The maximum Gasteiger partial charge on any atom is 0.410 e. The lowest BCUT2D eigenvalue weighted by Gasteiger charge is -2.38. The summed E-state index contributed by atoms with van der Waals surface area (Å²) >= 11 is 10.9. The molecule has 0 saturated carbocycles. The third-order valence-electron chi connectivity index (χ3n) is 16.7. The first-order valence-electron chi connectivity index (χ1n) is 31.0. The van der Waals surface area contributed by atoms with Crippen molar-refractivity contribution in [3.05, 3.63) is 49.8 Å². The standard InChI is InChI=1S/3C21H28BrN5O4/c3*1-12-18(28)25-24-17-10-30-16-8-13(22)14(9-15(16)27(12)17)23-21(5)6-7-26(11-21)19(29)31-20(2,3)4/h3*8-9,12,23H,6-7,10-11H2,1-5H3,(H,25,28)/t12?,21-;12-,21+;12-,21-/m101/s1. The van der Waals surface area contributed by atoms with Crippen molar-refractivity contribution in [2.24, 2.45) is 15.3 Å². The smallest absolute Gasteiger partial charge is 0.410 e. The number of rotatable bonds is 6. The van der Waals surface area contributed by atoms with E-state index in [1.54, 1.807) is 14.7 Å². The third kappa shape index (κ3) is 15.4. The molecular formula is C63H84Br3N15O12. The first kappa shape index (κ1) is 68.4. The number of carbonyl (C=O) groups is 6. The van der Waals surface area contributed by atoms with E-state index in [2.05, 4.69) is 116 Å². The SMILES string of the molecule is CC1C(=O)NN=C2COc3cc(Br)c(N[C@]4(C)CCN(C(=O)OC(C)(C)C)C4)cc3N21.C[C@@H]1C(=O)NN=C2COc3cc(Br)c(N[C@]4(C)CCN(C(=O)OC(C)(C)C)C4)cc3N21.C[C@H]1C(=O)NN=C2COc3cc(Br)c(N[C@]4(C)CCN(C(=O)OC(C)(C)C)C4)cc3N21. The van der Waals surface area contributed by atoms with Crippen LogP contribution in [0.5, 0.6) is 17.2 Å². The number of carbonyl (C=O) groups excluding carboxylic acids is 6. The van der Waals surface area contributed by atoms with E-state index < -0.39 is 34.9 Å². The minimum Gasteiger partial charge on any atom is -0.483 e. The van der Waals surface area contributed by atoms with E-state index in [9.17, 15) is 28.8 Å². The molecule has 0 radical (unpaired) electrons. The lowest BCUT2D eigenvalue weighted by molar-refractivity contribution is -0.123. The van der Waals surface area contributed by atoms with Gasteiger partial charge < -0.3 is 73.8 Å². The molecule has 6 atom stereocenters. The van der Waals surface area contributed by atoms with E-state index in [-0.39, 0.29) is 52.6 Å². The highest BCUT2D eigenvalue weighted by atomic mass is 79.9. The fourth-order valence-electron chi connectivity index (χ4n) is 12.0. The molecule has 27 nitrogen and oxygen atoms in total. The Morgan fingerprint density at radius 3 is 0.957 bits per heavy atom. The van der Waals surface area contributed by atoms with Gasteiger partial charge in [-0.05, 0) is 207 Å². The van der Waals surface area contributed by atoms with Crippen LogP contribution in [0, 0.1) is 0 Å². The lowest BCUT2D eigenvalue weighted by atomic mass is 10.0. The van der Waals surface area contributed by atoms with Gasteiger partial charge in [-0.25, -0.2) is 30.7 Å². The molecule has 3 aromatic carbocycles. The number of nitrogens with zero attached hydrogens (tertiary/aromatic N) is 9. The third-order valence-corrected chi connectivity index (χ3v) is 18.7. The van der Waals surface area contributed by atoms with Crippen LogP contribution in [0.25, 0.3) is 0 Å². The zero-order valence-electron chi connectivity index (χ0n) is 55.2. The summed E-state index contributed by atoms with van der Waals surface area (Å²) in [5.41, 5.74) is 9.96. The van der Waals surface area contributed by atoms with Gasteiger partial charge in [0.15, 0.2) is 17.5 Å². The number of halogens is 3. The quantitative estimate of drug-likeness (QED) is 0.125. The highest BCUT2D eigenvalue weighted by Gasteiger charge is 2.44. The molecule has 0 aliphatic carbocycles. The summed E-state index contributed by atoms with van der Waals surface area (Å²) in [4.78, 5) is 84.8. The number of anilines is 6. The van der Waals surface area contributed by atoms with Crippen LogP contribution in [0.1, 0.15) is 123 Å². The number of hydrogen-bond acceptors (Lipinski definition) is 21. The van der Waals surface area contributed by atoms with E-state index in [1.807, 2.05) is 134 Å². The van der Waals surface area contributed by atoms with Crippen LogP contribution in [-0.4, -0.2) is 179 Å². The van der Waals surface area contributed by atoms with Gasteiger partial charge in [0.2, 0.25) is 0 Å². The number of likely N-dealkylation sites (tertiary alicyclic amines) is 3. The Balaban J connectivity index is 0.000000153. The van der Waals surface area contributed by atoms with Crippen LogP contribution >= 0.6 is 47.8 Å². The van der Waals surface area contributed by atoms with Crippen LogP contribution in [0.3, 0.4) is 0 Å². The van der Waals surface area contributed by atoms with E-state index in [0.717, 1.165) is 66.8 Å². The molecule has 12 rings (SSSR count). The largest absolute Gasteiger partial charge is 0.483 e. The van der Waals surface area contributed by atoms with Crippen molar-refractivity contribution in [1.29, 1.82) is 0 Å². The summed E-state index contributed by atoms with van der Waals surface area (Å²) in [5.74, 6) is 3.56. The molecule has 93 heavy (non-hydrogen) atoms. The highest BCUT2D eigenvalue weighted by molar-refractivity contribution is 9.11. The maximum absolute atomic E-state index is 12.5. The zero-order valence-corrected chi connectivity index (χ0v) is 60.0. The topological polar surface area (TPSA) is 286 Å². The van der Waals surface area contributed by atoms with Gasteiger partial charge in [0, 0.05) is 52.7 Å². The number of hydrazone groups is 3. The van der Waals surface area contributed by atoms with Crippen LogP contribution in [0.15, 0.2) is 65.1 Å². The molecule has 1 unspecified atom stereocenters. The van der Waals surface area contributed by atoms with E-state index in [0.29, 0.717) is 93.8 Å². The van der Waals surface area contributed by atoms with Crippen LogP contribution in [-0.2, 0) is 28.6 Å². The number of amides is 6. The van der Waals surface area contributed by atoms with Crippen LogP contribution < -0.4 is 61.1 Å². The van der Waals surface area contributed by atoms with Gasteiger partial charge in [0.25, 0.3) is 17.7 Å². The summed E-state index contributed by atoms with van der Waals surface area (Å²) in [5, 5.41) is 23.2. The summed E-state index contributed by atoms with van der Waals surface area (Å²) < 4.78 is 36.6. The summed E-state index contributed by atoms with van der Waals surface area (Å²) in [7, 11) is 0. The van der Waals surface area contributed by atoms with Crippen molar-refractivity contribution in [3.63, 3.8) is 0 Å². The van der Waals surface area contributed by atoms with Crippen molar-refractivity contribution >= 4 is 135 Å². The van der Waals surface area contributed by atoms with Gasteiger partial charge in [0.05, 0.1) is 50.7 Å². The molecule has 6 amide bonds. The Morgan fingerprint density at radius 1 is 0.473 bits per heavy atom. The molecule has 6 N–H and O–H groups in total. The lowest BCUT2D eigenvalue weighted by Crippen LogP contribution is -2.55. The van der Waals surface area contributed by atoms with Crippen molar-refractivity contribution in [3.8, 4) is 17.2 Å². The van der Waals surface area contributed by atoms with Gasteiger partial charge in [-0.3, -0.25) is 14.4 Å². The van der Waals surface area contributed by atoms with Crippen LogP contribution in [0.2, 0.25) is 0 Å². The minimum absolute atomic E-state index is 0.162. The van der Waals surface area contributed by atoms with Crippen molar-refractivity contribution in [2.75, 3.05) is 89.7 Å². The maximum atomic E-state index is 12.5. The fraction of sp³-hybridized carbons (Fsp3) is 0.571. The second kappa shape index (κ2) is 25.7.